The van der Waals surface area contributed by atoms with Crippen LogP contribution in [0.3, 0.4) is 0 Å². The molecule has 0 spiro atoms. The fourth-order valence-electron chi connectivity index (χ4n) is 1.94. The number of ether oxygens (including phenoxy) is 2. The molecule has 0 aliphatic rings. The molecule has 0 radical (unpaired) electrons. The Morgan fingerprint density at radius 2 is 1.95 bits per heavy atom. The summed E-state index contributed by atoms with van der Waals surface area (Å²) in [5, 5.41) is 0.626. The van der Waals surface area contributed by atoms with Crippen molar-refractivity contribution < 1.29 is 9.47 Å². The number of nitrogens with zero attached hydrogens (tertiary/aromatic N) is 3. The molecule has 0 saturated carbocycles. The molecule has 0 bridgehead atoms. The van der Waals surface area contributed by atoms with Gasteiger partial charge < -0.3 is 18.9 Å². The fourth-order valence-corrected chi connectivity index (χ4v) is 2.08. The quantitative estimate of drug-likeness (QED) is 0.850. The predicted molar refractivity (Wildman–Crippen MR) is 79.9 cm³/mol. The van der Waals surface area contributed by atoms with Crippen LogP contribution >= 0.6 is 11.6 Å². The van der Waals surface area contributed by atoms with Gasteiger partial charge in [0.25, 0.3) is 0 Å². The van der Waals surface area contributed by atoms with E-state index >= 15 is 0 Å². The van der Waals surface area contributed by atoms with Crippen LogP contribution in [-0.2, 0) is 13.6 Å². The number of rotatable bonds is 5. The Morgan fingerprint density at radius 1 is 1.25 bits per heavy atom. The Hall–Kier alpha value is -1.88. The highest BCUT2D eigenvalue weighted by Gasteiger charge is 2.11. The highest BCUT2D eigenvalue weighted by atomic mass is 35.5. The van der Waals surface area contributed by atoms with Crippen LogP contribution in [0.4, 0.5) is 5.69 Å². The number of hydrogen-bond donors (Lipinski definition) is 0. The second kappa shape index (κ2) is 6.05. The summed E-state index contributed by atoms with van der Waals surface area (Å²) in [6.07, 6.45) is 1.65. The minimum Gasteiger partial charge on any atom is -0.493 e. The molecule has 1 heterocycles. The van der Waals surface area contributed by atoms with Crippen molar-refractivity contribution in [1.29, 1.82) is 0 Å². The molecule has 0 saturated heterocycles. The van der Waals surface area contributed by atoms with Crippen LogP contribution in [0.5, 0.6) is 11.5 Å². The molecule has 5 nitrogen and oxygen atoms in total. The van der Waals surface area contributed by atoms with Crippen molar-refractivity contribution in [3.05, 3.63) is 35.4 Å². The van der Waals surface area contributed by atoms with E-state index in [4.69, 9.17) is 21.1 Å². The molecule has 0 unspecified atom stereocenters. The minimum absolute atomic E-state index is 0.626. The molecule has 6 heteroatoms. The molecule has 1 aromatic heterocycles. The second-order valence-corrected chi connectivity index (χ2v) is 4.84. The summed E-state index contributed by atoms with van der Waals surface area (Å²) < 4.78 is 12.4. The topological polar surface area (TPSA) is 39.5 Å². The van der Waals surface area contributed by atoms with E-state index in [0.29, 0.717) is 23.2 Å². The highest BCUT2D eigenvalue weighted by molar-refractivity contribution is 6.29. The van der Waals surface area contributed by atoms with E-state index < -0.39 is 0 Å². The molecule has 108 valence electrons. The molecule has 0 fully saturated rings. The Bertz CT molecular complexity index is 598. The van der Waals surface area contributed by atoms with Gasteiger partial charge in [-0.2, -0.15) is 0 Å². The average molecular weight is 296 g/mol. The number of methoxy groups -OCH3 is 2. The number of aromatic nitrogens is 2. The third kappa shape index (κ3) is 2.82. The van der Waals surface area contributed by atoms with Crippen LogP contribution < -0.4 is 14.4 Å². The summed E-state index contributed by atoms with van der Waals surface area (Å²) in [7, 11) is 7.13. The van der Waals surface area contributed by atoms with Gasteiger partial charge in [-0.3, -0.25) is 0 Å². The smallest absolute Gasteiger partial charge is 0.162 e. The maximum Gasteiger partial charge on any atom is 0.162 e. The number of benzene rings is 1. The van der Waals surface area contributed by atoms with Crippen LogP contribution in [0.1, 0.15) is 5.82 Å². The molecular weight excluding hydrogens is 278 g/mol. The zero-order valence-electron chi connectivity index (χ0n) is 12.1. The van der Waals surface area contributed by atoms with Crippen molar-refractivity contribution in [2.24, 2.45) is 7.05 Å². The number of anilines is 1. The molecule has 1 aromatic carbocycles. The maximum absolute atomic E-state index is 5.99. The molecule has 20 heavy (non-hydrogen) atoms. The van der Waals surface area contributed by atoms with Gasteiger partial charge in [0.15, 0.2) is 11.5 Å². The third-order valence-electron chi connectivity index (χ3n) is 3.21. The third-order valence-corrected chi connectivity index (χ3v) is 3.57. The Balaban J connectivity index is 2.21. The lowest BCUT2D eigenvalue weighted by Gasteiger charge is -2.20. The van der Waals surface area contributed by atoms with Gasteiger partial charge in [0.1, 0.15) is 11.0 Å². The van der Waals surface area contributed by atoms with Gasteiger partial charge in [-0.1, -0.05) is 11.6 Å². The lowest BCUT2D eigenvalue weighted by atomic mass is 10.2. The van der Waals surface area contributed by atoms with E-state index in [-0.39, 0.29) is 0 Å². The first-order valence-electron chi connectivity index (χ1n) is 6.16. The van der Waals surface area contributed by atoms with E-state index in [1.807, 2.05) is 36.9 Å². The van der Waals surface area contributed by atoms with Gasteiger partial charge >= 0.3 is 0 Å². The SMILES string of the molecule is COc1ccc(N(C)Cc2ncc(Cl)n2C)cc1OC. The lowest BCUT2D eigenvalue weighted by molar-refractivity contribution is 0.355. The van der Waals surface area contributed by atoms with Crippen LogP contribution in [0.2, 0.25) is 5.15 Å². The fraction of sp³-hybridized carbons (Fsp3) is 0.357. The largest absolute Gasteiger partial charge is 0.493 e. The number of hydrogen-bond acceptors (Lipinski definition) is 4. The van der Waals surface area contributed by atoms with Crippen molar-refractivity contribution in [3.8, 4) is 11.5 Å². The summed E-state index contributed by atoms with van der Waals surface area (Å²) in [6.45, 7) is 0.651. The Kier molecular flexibility index (Phi) is 4.39. The van der Waals surface area contributed by atoms with Crippen LogP contribution in [0, 0.1) is 0 Å². The van der Waals surface area contributed by atoms with Gasteiger partial charge in [-0.05, 0) is 12.1 Å². The molecule has 0 aliphatic heterocycles. The summed E-state index contributed by atoms with van der Waals surface area (Å²) in [5.74, 6) is 2.31. The minimum atomic E-state index is 0.626. The molecule has 0 N–H and O–H groups in total. The van der Waals surface area contributed by atoms with Crippen molar-refractivity contribution >= 4 is 17.3 Å². The maximum atomic E-state index is 5.99. The first kappa shape index (κ1) is 14.5. The van der Waals surface area contributed by atoms with Crippen LogP contribution in [-0.4, -0.2) is 30.8 Å². The normalized spacial score (nSPS) is 10.4. The van der Waals surface area contributed by atoms with Gasteiger partial charge in [-0.25, -0.2) is 4.98 Å². The first-order valence-corrected chi connectivity index (χ1v) is 6.54. The monoisotopic (exact) mass is 295 g/mol. The Morgan fingerprint density at radius 3 is 2.50 bits per heavy atom. The predicted octanol–water partition coefficient (Wildman–Crippen LogP) is 2.73. The highest BCUT2D eigenvalue weighted by Crippen LogP contribution is 2.31. The van der Waals surface area contributed by atoms with Crippen molar-refractivity contribution in [2.45, 2.75) is 6.54 Å². The van der Waals surface area contributed by atoms with E-state index in [0.717, 1.165) is 11.5 Å². The van der Waals surface area contributed by atoms with Crippen molar-refractivity contribution in [3.63, 3.8) is 0 Å². The van der Waals surface area contributed by atoms with E-state index in [9.17, 15) is 0 Å². The first-order chi connectivity index (χ1) is 9.56. The van der Waals surface area contributed by atoms with Crippen molar-refractivity contribution in [1.82, 2.24) is 9.55 Å². The van der Waals surface area contributed by atoms with Crippen LogP contribution in [0.25, 0.3) is 0 Å². The zero-order valence-corrected chi connectivity index (χ0v) is 12.8. The summed E-state index contributed by atoms with van der Waals surface area (Å²) in [4.78, 5) is 6.36. The summed E-state index contributed by atoms with van der Waals surface area (Å²) in [5.41, 5.74) is 1.02. The second-order valence-electron chi connectivity index (χ2n) is 4.45. The van der Waals surface area contributed by atoms with Gasteiger partial charge in [0.2, 0.25) is 0 Å². The molecular formula is C14H18ClN3O2. The van der Waals surface area contributed by atoms with Crippen molar-refractivity contribution in [2.75, 3.05) is 26.2 Å². The van der Waals surface area contributed by atoms with Gasteiger partial charge in [0.05, 0.1) is 27.0 Å². The summed E-state index contributed by atoms with van der Waals surface area (Å²) in [6, 6.07) is 5.80. The standard InChI is InChI=1S/C14H18ClN3O2/c1-17(9-14-16-8-13(15)18(14)2)10-5-6-11(19-3)12(7-10)20-4/h5-8H,9H2,1-4H3. The molecule has 0 aliphatic carbocycles. The lowest BCUT2D eigenvalue weighted by Crippen LogP contribution is -2.19. The molecule has 0 atom stereocenters. The van der Waals surface area contributed by atoms with Gasteiger partial charge in [0, 0.05) is 25.8 Å². The van der Waals surface area contributed by atoms with Gasteiger partial charge in [-0.15, -0.1) is 0 Å². The van der Waals surface area contributed by atoms with E-state index in [1.54, 1.807) is 20.4 Å². The molecule has 2 aromatic rings. The molecule has 2 rings (SSSR count). The number of imidazole rings is 1. The van der Waals surface area contributed by atoms with E-state index in [2.05, 4.69) is 9.88 Å². The summed E-state index contributed by atoms with van der Waals surface area (Å²) >= 11 is 5.99. The Labute approximate surface area is 123 Å². The van der Waals surface area contributed by atoms with Crippen LogP contribution in [0.15, 0.2) is 24.4 Å². The van der Waals surface area contributed by atoms with E-state index in [1.165, 1.54) is 0 Å². The average Bonchev–Trinajstić information content (AvgIpc) is 2.78. The zero-order chi connectivity index (χ0) is 14.7. The number of halogens is 1. The molecule has 0 amide bonds.